The molecule has 0 bridgehead atoms. The van der Waals surface area contributed by atoms with E-state index in [1.165, 1.54) is 0 Å². The molecule has 0 radical (unpaired) electrons. The van der Waals surface area contributed by atoms with Gasteiger partial charge in [-0.2, -0.15) is 0 Å². The first-order valence-corrected chi connectivity index (χ1v) is 5.61. The van der Waals surface area contributed by atoms with Crippen molar-refractivity contribution in [2.75, 3.05) is 21.1 Å². The molecule has 0 aromatic rings. The van der Waals surface area contributed by atoms with Gasteiger partial charge in [-0.25, -0.2) is 0 Å². The molecule has 0 fully saturated rings. The molecule has 4 nitrogen and oxygen atoms in total. The van der Waals surface area contributed by atoms with E-state index in [1.807, 2.05) is 13.8 Å². The monoisotopic (exact) mass is 196 g/mol. The Hall–Kier alpha value is 0.110. The van der Waals surface area contributed by atoms with E-state index in [9.17, 15) is 4.57 Å². The van der Waals surface area contributed by atoms with Crippen LogP contribution in [0.3, 0.4) is 0 Å². The summed E-state index contributed by atoms with van der Waals surface area (Å²) >= 11 is 0. The number of hydrogen-bond donors (Lipinski definition) is 2. The zero-order valence-electron chi connectivity index (χ0n) is 8.35. The summed E-state index contributed by atoms with van der Waals surface area (Å²) < 4.78 is 11.4. The molecule has 0 aliphatic carbocycles. The van der Waals surface area contributed by atoms with E-state index in [-0.39, 0.29) is 5.92 Å². The molecule has 0 saturated heterocycles. The number of nitrogens with zero attached hydrogens (tertiary/aromatic N) is 1. The summed E-state index contributed by atoms with van der Waals surface area (Å²) in [4.78, 5) is 18.2. The van der Waals surface area contributed by atoms with Gasteiger partial charge in [0.1, 0.15) is 0 Å². The normalized spacial score (nSPS) is 16.7. The molecule has 74 valence electrons. The molecule has 0 heterocycles. The number of quaternary nitrogens is 1. The highest BCUT2D eigenvalue weighted by Crippen LogP contribution is 2.47. The Bertz CT molecular complexity index is 191. The van der Waals surface area contributed by atoms with E-state index in [4.69, 9.17) is 9.79 Å². The maximum absolute atomic E-state index is 11.1. The van der Waals surface area contributed by atoms with Gasteiger partial charge in [0.25, 0.3) is 0 Å². The third-order valence-corrected chi connectivity index (χ3v) is 3.71. The molecule has 1 unspecified atom stereocenters. The lowest BCUT2D eigenvalue weighted by molar-refractivity contribution is -0.886. The Balaban J connectivity index is 4.83. The maximum atomic E-state index is 11.1. The fourth-order valence-corrected chi connectivity index (χ4v) is 3.41. The van der Waals surface area contributed by atoms with Crippen LogP contribution in [0.15, 0.2) is 0 Å². The fourth-order valence-electron chi connectivity index (χ4n) is 1.73. The molecule has 0 spiro atoms. The highest BCUT2D eigenvalue weighted by molar-refractivity contribution is 7.52. The SMILES string of the molecule is CC(C)C([N+](C)(C)C)P(=O)(O)O. The Morgan fingerprint density at radius 1 is 1.17 bits per heavy atom. The van der Waals surface area contributed by atoms with Crippen LogP contribution in [0.25, 0.3) is 0 Å². The minimum atomic E-state index is -3.98. The van der Waals surface area contributed by atoms with Crippen LogP contribution in [0.5, 0.6) is 0 Å². The summed E-state index contributed by atoms with van der Waals surface area (Å²) in [7, 11) is 1.40. The Kier molecular flexibility index (Phi) is 3.49. The van der Waals surface area contributed by atoms with Gasteiger partial charge in [0.15, 0.2) is 5.78 Å². The van der Waals surface area contributed by atoms with Gasteiger partial charge in [-0.1, -0.05) is 13.8 Å². The van der Waals surface area contributed by atoms with Gasteiger partial charge in [0, 0.05) is 5.92 Å². The summed E-state index contributed by atoms with van der Waals surface area (Å²) in [5, 5.41) is 0. The first-order valence-electron chi connectivity index (χ1n) is 3.93. The fraction of sp³-hybridized carbons (Fsp3) is 1.00. The second-order valence-corrected chi connectivity index (χ2v) is 6.07. The van der Waals surface area contributed by atoms with Crippen LogP contribution in [-0.4, -0.2) is 41.2 Å². The maximum Gasteiger partial charge on any atom is 0.382 e. The van der Waals surface area contributed by atoms with Crippen LogP contribution in [-0.2, 0) is 4.57 Å². The standard InChI is InChI=1S/C7H18NO3P/c1-6(2)7(8(3,4)5)12(9,10)11/h6-7H,1-5H3,(H-,9,10,11)/p+1. The second-order valence-electron chi connectivity index (χ2n) is 4.36. The molecule has 0 amide bonds. The molecule has 1 atom stereocenters. The van der Waals surface area contributed by atoms with Crippen molar-refractivity contribution in [3.8, 4) is 0 Å². The van der Waals surface area contributed by atoms with E-state index in [0.717, 1.165) is 0 Å². The smallest absolute Gasteiger partial charge is 0.320 e. The molecular formula is C7H19NO3P+. The first kappa shape index (κ1) is 12.1. The third kappa shape index (κ3) is 3.23. The molecule has 0 aliphatic heterocycles. The lowest BCUT2D eigenvalue weighted by Crippen LogP contribution is -2.47. The van der Waals surface area contributed by atoms with Crippen LogP contribution >= 0.6 is 7.60 Å². The van der Waals surface area contributed by atoms with Crippen molar-refractivity contribution in [1.29, 1.82) is 0 Å². The predicted octanol–water partition coefficient (Wildman–Crippen LogP) is 0.852. The van der Waals surface area contributed by atoms with Crippen LogP contribution in [0.4, 0.5) is 0 Å². The second kappa shape index (κ2) is 3.46. The van der Waals surface area contributed by atoms with Crippen molar-refractivity contribution in [2.45, 2.75) is 19.6 Å². The van der Waals surface area contributed by atoms with Crippen LogP contribution < -0.4 is 0 Å². The highest BCUT2D eigenvalue weighted by atomic mass is 31.2. The van der Waals surface area contributed by atoms with Crippen molar-refractivity contribution < 1.29 is 18.8 Å². The predicted molar refractivity (Wildman–Crippen MR) is 48.7 cm³/mol. The van der Waals surface area contributed by atoms with Gasteiger partial charge in [-0.15, -0.1) is 0 Å². The summed E-state index contributed by atoms with van der Waals surface area (Å²) in [6, 6.07) is 0. The lowest BCUT2D eigenvalue weighted by atomic mass is 10.2. The molecule has 2 N–H and O–H groups in total. The zero-order chi connectivity index (χ0) is 10.2. The molecule has 5 heteroatoms. The quantitative estimate of drug-likeness (QED) is 0.519. The van der Waals surface area contributed by atoms with Gasteiger partial charge in [-0.05, 0) is 0 Å². The molecule has 0 saturated carbocycles. The van der Waals surface area contributed by atoms with Crippen molar-refractivity contribution in [3.63, 3.8) is 0 Å². The summed E-state index contributed by atoms with van der Waals surface area (Å²) in [6.45, 7) is 3.65. The zero-order valence-corrected chi connectivity index (χ0v) is 9.25. The number of rotatable bonds is 3. The minimum Gasteiger partial charge on any atom is -0.320 e. The van der Waals surface area contributed by atoms with Crippen LogP contribution in [0.2, 0.25) is 0 Å². The average Bonchev–Trinajstić information content (AvgIpc) is 1.49. The van der Waals surface area contributed by atoms with E-state index in [2.05, 4.69) is 0 Å². The molecule has 0 aliphatic rings. The Morgan fingerprint density at radius 2 is 1.50 bits per heavy atom. The van der Waals surface area contributed by atoms with Gasteiger partial charge < -0.3 is 14.3 Å². The minimum absolute atomic E-state index is 0.0224. The topological polar surface area (TPSA) is 57.5 Å². The van der Waals surface area contributed by atoms with Gasteiger partial charge in [0.05, 0.1) is 21.1 Å². The Labute approximate surface area is 74.0 Å². The average molecular weight is 196 g/mol. The summed E-state index contributed by atoms with van der Waals surface area (Å²) in [5.41, 5.74) is 0. The van der Waals surface area contributed by atoms with Crippen molar-refractivity contribution in [3.05, 3.63) is 0 Å². The molecule has 0 aromatic carbocycles. The first-order chi connectivity index (χ1) is 5.07. The summed E-state index contributed by atoms with van der Waals surface area (Å²) in [5.74, 6) is -0.636. The largest absolute Gasteiger partial charge is 0.382 e. The van der Waals surface area contributed by atoms with Crippen molar-refractivity contribution in [1.82, 2.24) is 0 Å². The van der Waals surface area contributed by atoms with Gasteiger partial charge in [-0.3, -0.25) is 4.57 Å². The molecule has 0 aromatic heterocycles. The van der Waals surface area contributed by atoms with Gasteiger partial charge >= 0.3 is 7.60 Å². The molecular weight excluding hydrogens is 177 g/mol. The van der Waals surface area contributed by atoms with Crippen LogP contribution in [0, 0.1) is 5.92 Å². The van der Waals surface area contributed by atoms with Crippen molar-refractivity contribution >= 4 is 7.60 Å². The van der Waals surface area contributed by atoms with E-state index in [0.29, 0.717) is 4.48 Å². The molecule has 12 heavy (non-hydrogen) atoms. The third-order valence-electron chi connectivity index (χ3n) is 1.73. The van der Waals surface area contributed by atoms with Gasteiger partial charge in [0.2, 0.25) is 0 Å². The van der Waals surface area contributed by atoms with Crippen molar-refractivity contribution in [2.24, 2.45) is 5.92 Å². The van der Waals surface area contributed by atoms with Crippen LogP contribution in [0.1, 0.15) is 13.8 Å². The van der Waals surface area contributed by atoms with E-state index < -0.39 is 13.4 Å². The summed E-state index contributed by atoms with van der Waals surface area (Å²) in [6.07, 6.45) is 0. The Morgan fingerprint density at radius 3 is 1.50 bits per heavy atom. The lowest BCUT2D eigenvalue weighted by Gasteiger charge is -2.36. The van der Waals surface area contributed by atoms with E-state index in [1.54, 1.807) is 21.1 Å². The molecule has 0 rings (SSSR count). The van der Waals surface area contributed by atoms with E-state index >= 15 is 0 Å². The highest BCUT2D eigenvalue weighted by Gasteiger charge is 2.42. The number of hydrogen-bond acceptors (Lipinski definition) is 1.